The van der Waals surface area contributed by atoms with Crippen molar-refractivity contribution in [2.75, 3.05) is 5.32 Å². The number of hydrogen-bond donors (Lipinski definition) is 1. The van der Waals surface area contributed by atoms with Crippen molar-refractivity contribution in [3.8, 4) is 11.3 Å². The highest BCUT2D eigenvalue weighted by Gasteiger charge is 2.22. The predicted octanol–water partition coefficient (Wildman–Crippen LogP) is 4.80. The molecule has 0 saturated carbocycles. The number of nitrogens with one attached hydrogen (secondary N) is 1. The number of amides is 1. The SMILES string of the molecule is Cc1nc(-c2ccccc2)ccc1C(=O)OC(C)C(=O)Nc1cc([N+](=O)[O-])ccc1Cl. The van der Waals surface area contributed by atoms with Gasteiger partial charge in [-0.05, 0) is 32.0 Å². The van der Waals surface area contributed by atoms with Crippen molar-refractivity contribution >= 4 is 34.9 Å². The van der Waals surface area contributed by atoms with Gasteiger partial charge in [0.2, 0.25) is 0 Å². The van der Waals surface area contributed by atoms with Gasteiger partial charge in [0.05, 0.1) is 32.6 Å². The van der Waals surface area contributed by atoms with E-state index in [0.29, 0.717) is 11.4 Å². The topological polar surface area (TPSA) is 111 Å². The number of ether oxygens (including phenoxy) is 1. The van der Waals surface area contributed by atoms with Crippen LogP contribution in [-0.4, -0.2) is 27.9 Å². The molecule has 3 rings (SSSR count). The number of nitro groups is 1. The van der Waals surface area contributed by atoms with Gasteiger partial charge in [-0.3, -0.25) is 19.9 Å². The molecular weight excluding hydrogens is 422 g/mol. The molecule has 0 radical (unpaired) electrons. The van der Waals surface area contributed by atoms with Gasteiger partial charge in [-0.15, -0.1) is 0 Å². The summed E-state index contributed by atoms with van der Waals surface area (Å²) in [4.78, 5) is 39.7. The second-order valence-corrected chi connectivity index (χ2v) is 7.06. The quantitative estimate of drug-likeness (QED) is 0.335. The molecule has 1 heterocycles. The smallest absolute Gasteiger partial charge is 0.340 e. The van der Waals surface area contributed by atoms with E-state index in [2.05, 4.69) is 10.3 Å². The molecule has 0 fully saturated rings. The van der Waals surface area contributed by atoms with Gasteiger partial charge in [0.1, 0.15) is 0 Å². The summed E-state index contributed by atoms with van der Waals surface area (Å²) in [5, 5.41) is 13.5. The first-order valence-electron chi connectivity index (χ1n) is 9.25. The van der Waals surface area contributed by atoms with Crippen LogP contribution in [0.1, 0.15) is 23.0 Å². The molecule has 1 amide bonds. The third-order valence-electron chi connectivity index (χ3n) is 4.45. The maximum Gasteiger partial charge on any atom is 0.340 e. The van der Waals surface area contributed by atoms with Gasteiger partial charge in [0, 0.05) is 17.7 Å². The summed E-state index contributed by atoms with van der Waals surface area (Å²) < 4.78 is 5.25. The summed E-state index contributed by atoms with van der Waals surface area (Å²) in [7, 11) is 0. The Morgan fingerprint density at radius 1 is 1.13 bits per heavy atom. The number of halogens is 1. The fourth-order valence-corrected chi connectivity index (χ4v) is 2.95. The van der Waals surface area contributed by atoms with Crippen molar-refractivity contribution in [2.45, 2.75) is 20.0 Å². The van der Waals surface area contributed by atoms with Gasteiger partial charge in [0.25, 0.3) is 11.6 Å². The highest BCUT2D eigenvalue weighted by molar-refractivity contribution is 6.33. The van der Waals surface area contributed by atoms with Crippen molar-refractivity contribution in [3.05, 3.63) is 87.1 Å². The fraction of sp³-hybridized carbons (Fsp3) is 0.136. The summed E-state index contributed by atoms with van der Waals surface area (Å²) in [5.41, 5.74) is 2.12. The molecule has 1 N–H and O–H groups in total. The minimum atomic E-state index is -1.17. The number of benzene rings is 2. The largest absolute Gasteiger partial charge is 0.449 e. The average molecular weight is 440 g/mol. The van der Waals surface area contributed by atoms with E-state index in [9.17, 15) is 19.7 Å². The van der Waals surface area contributed by atoms with E-state index in [1.54, 1.807) is 19.1 Å². The van der Waals surface area contributed by atoms with Crippen LogP contribution in [-0.2, 0) is 9.53 Å². The molecule has 0 spiro atoms. The molecule has 1 aromatic heterocycles. The number of aromatic nitrogens is 1. The Kier molecular flexibility index (Phi) is 6.61. The summed E-state index contributed by atoms with van der Waals surface area (Å²) >= 11 is 5.98. The van der Waals surface area contributed by atoms with Crippen LogP contribution in [0.25, 0.3) is 11.3 Å². The van der Waals surface area contributed by atoms with Crippen LogP contribution in [0.15, 0.2) is 60.7 Å². The predicted molar refractivity (Wildman–Crippen MR) is 116 cm³/mol. The molecular formula is C22H18ClN3O5. The minimum absolute atomic E-state index is 0.0498. The second-order valence-electron chi connectivity index (χ2n) is 6.65. The Bertz CT molecular complexity index is 1150. The lowest BCUT2D eigenvalue weighted by atomic mass is 10.1. The number of esters is 1. The van der Waals surface area contributed by atoms with E-state index in [-0.39, 0.29) is 22.0 Å². The van der Waals surface area contributed by atoms with Crippen LogP contribution in [0.3, 0.4) is 0 Å². The van der Waals surface area contributed by atoms with E-state index < -0.39 is 22.9 Å². The molecule has 1 atom stereocenters. The maximum atomic E-state index is 12.5. The number of anilines is 1. The highest BCUT2D eigenvalue weighted by Crippen LogP contribution is 2.27. The van der Waals surface area contributed by atoms with Crippen molar-refractivity contribution < 1.29 is 19.2 Å². The van der Waals surface area contributed by atoms with Crippen LogP contribution in [0.2, 0.25) is 5.02 Å². The number of hydrogen-bond acceptors (Lipinski definition) is 6. The lowest BCUT2D eigenvalue weighted by molar-refractivity contribution is -0.384. The standard InChI is InChI=1S/C22H18ClN3O5/c1-13-17(9-11-19(24-13)15-6-4-3-5-7-15)22(28)31-14(2)21(27)25-20-12-16(26(29)30)8-10-18(20)23/h3-12,14H,1-2H3,(H,25,27). The van der Waals surface area contributed by atoms with Crippen LogP contribution < -0.4 is 5.32 Å². The lowest BCUT2D eigenvalue weighted by Gasteiger charge is -2.15. The summed E-state index contributed by atoms with van der Waals surface area (Å²) in [6.07, 6.45) is -1.17. The molecule has 31 heavy (non-hydrogen) atoms. The number of rotatable bonds is 6. The highest BCUT2D eigenvalue weighted by atomic mass is 35.5. The number of carbonyl (C=O) groups excluding carboxylic acids is 2. The van der Waals surface area contributed by atoms with E-state index in [1.165, 1.54) is 19.1 Å². The number of carbonyl (C=O) groups is 2. The molecule has 0 aliphatic rings. The van der Waals surface area contributed by atoms with Crippen molar-refractivity contribution in [1.82, 2.24) is 4.98 Å². The minimum Gasteiger partial charge on any atom is -0.449 e. The Labute approximate surface area is 183 Å². The molecule has 2 aromatic carbocycles. The van der Waals surface area contributed by atoms with Crippen LogP contribution in [0.4, 0.5) is 11.4 Å². The monoisotopic (exact) mass is 439 g/mol. The van der Waals surface area contributed by atoms with Crippen molar-refractivity contribution in [2.24, 2.45) is 0 Å². The zero-order chi connectivity index (χ0) is 22.5. The molecule has 158 valence electrons. The van der Waals surface area contributed by atoms with Gasteiger partial charge < -0.3 is 10.1 Å². The van der Waals surface area contributed by atoms with Gasteiger partial charge in [-0.1, -0.05) is 41.9 Å². The number of aryl methyl sites for hydroxylation is 1. The second kappa shape index (κ2) is 9.36. The van der Waals surface area contributed by atoms with Gasteiger partial charge in [-0.2, -0.15) is 0 Å². The van der Waals surface area contributed by atoms with Gasteiger partial charge in [0.15, 0.2) is 6.10 Å². The third kappa shape index (κ3) is 5.23. The number of nitrogens with zero attached hydrogens (tertiary/aromatic N) is 2. The van der Waals surface area contributed by atoms with Crippen LogP contribution in [0, 0.1) is 17.0 Å². The first-order valence-corrected chi connectivity index (χ1v) is 9.63. The normalized spacial score (nSPS) is 11.5. The Morgan fingerprint density at radius 2 is 1.84 bits per heavy atom. The summed E-state index contributed by atoms with van der Waals surface area (Å²) in [5.74, 6) is -1.39. The van der Waals surface area contributed by atoms with Gasteiger partial charge >= 0.3 is 5.97 Å². The molecule has 0 saturated heterocycles. The maximum absolute atomic E-state index is 12.5. The van der Waals surface area contributed by atoms with E-state index >= 15 is 0 Å². The molecule has 0 aliphatic carbocycles. The molecule has 3 aromatic rings. The Balaban J connectivity index is 1.70. The van der Waals surface area contributed by atoms with Crippen LogP contribution in [0.5, 0.6) is 0 Å². The molecule has 8 nitrogen and oxygen atoms in total. The summed E-state index contributed by atoms with van der Waals surface area (Å²) in [6.45, 7) is 3.07. The van der Waals surface area contributed by atoms with Crippen molar-refractivity contribution in [3.63, 3.8) is 0 Å². The Morgan fingerprint density at radius 3 is 2.48 bits per heavy atom. The third-order valence-corrected chi connectivity index (χ3v) is 4.78. The first kappa shape index (κ1) is 21.9. The molecule has 1 unspecified atom stereocenters. The summed E-state index contributed by atoms with van der Waals surface area (Å²) in [6, 6.07) is 16.4. The zero-order valence-electron chi connectivity index (χ0n) is 16.7. The van der Waals surface area contributed by atoms with E-state index in [1.807, 2.05) is 30.3 Å². The molecule has 9 heteroatoms. The first-order chi connectivity index (χ1) is 14.8. The van der Waals surface area contributed by atoms with Crippen molar-refractivity contribution in [1.29, 1.82) is 0 Å². The Hall–Kier alpha value is -3.78. The van der Waals surface area contributed by atoms with Crippen LogP contribution >= 0.6 is 11.6 Å². The zero-order valence-corrected chi connectivity index (χ0v) is 17.4. The molecule has 0 aliphatic heterocycles. The van der Waals surface area contributed by atoms with E-state index in [4.69, 9.17) is 16.3 Å². The number of pyridine rings is 1. The average Bonchev–Trinajstić information content (AvgIpc) is 2.75. The molecule has 0 bridgehead atoms. The fourth-order valence-electron chi connectivity index (χ4n) is 2.78. The number of nitro benzene ring substituents is 1. The van der Waals surface area contributed by atoms with Gasteiger partial charge in [-0.25, -0.2) is 4.79 Å². The van der Waals surface area contributed by atoms with E-state index in [0.717, 1.165) is 11.6 Å². The number of non-ortho nitro benzene ring substituents is 1. The lowest BCUT2D eigenvalue weighted by Crippen LogP contribution is -2.30.